The molecule has 0 aromatic carbocycles. The van der Waals surface area contributed by atoms with Crippen LogP contribution in [0.25, 0.3) is 0 Å². The minimum Gasteiger partial charge on any atom is -0.480 e. The van der Waals surface area contributed by atoms with Crippen LogP contribution in [0.2, 0.25) is 0 Å². The first-order valence-electron chi connectivity index (χ1n) is 5.71. The zero-order valence-corrected chi connectivity index (χ0v) is 8.98. The van der Waals surface area contributed by atoms with Crippen molar-refractivity contribution in [2.45, 2.75) is 25.7 Å². The van der Waals surface area contributed by atoms with Crippen molar-refractivity contribution in [1.29, 1.82) is 0 Å². The lowest BCUT2D eigenvalue weighted by Crippen LogP contribution is -2.30. The van der Waals surface area contributed by atoms with E-state index in [1.807, 2.05) is 4.90 Å². The Balaban J connectivity index is 2.03. The second-order valence-corrected chi connectivity index (χ2v) is 5.01. The van der Waals surface area contributed by atoms with Crippen molar-refractivity contribution < 1.29 is 15.0 Å². The monoisotopic (exact) mass is 213 g/mol. The average molecular weight is 213 g/mol. The Bertz CT molecular complexity index is 248. The number of rotatable bonds is 3. The van der Waals surface area contributed by atoms with Gasteiger partial charge in [-0.05, 0) is 18.3 Å². The zero-order chi connectivity index (χ0) is 10.9. The minimum atomic E-state index is -0.762. The molecule has 4 nitrogen and oxygen atoms in total. The molecule has 15 heavy (non-hydrogen) atoms. The van der Waals surface area contributed by atoms with Crippen LogP contribution < -0.4 is 0 Å². The number of hydrogen-bond acceptors (Lipinski definition) is 3. The average Bonchev–Trinajstić information content (AvgIpc) is 2.74. The van der Waals surface area contributed by atoms with Gasteiger partial charge in [-0.3, -0.25) is 9.69 Å². The Morgan fingerprint density at radius 2 is 2.07 bits per heavy atom. The predicted molar refractivity (Wildman–Crippen MR) is 55.6 cm³/mol. The highest BCUT2D eigenvalue weighted by Crippen LogP contribution is 2.48. The summed E-state index contributed by atoms with van der Waals surface area (Å²) in [5, 5.41) is 18.1. The zero-order valence-electron chi connectivity index (χ0n) is 8.98. The Kier molecular flexibility index (Phi) is 2.98. The second-order valence-electron chi connectivity index (χ2n) is 5.01. The quantitative estimate of drug-likeness (QED) is 0.719. The van der Waals surface area contributed by atoms with Crippen molar-refractivity contribution in [3.8, 4) is 0 Å². The van der Waals surface area contributed by atoms with Gasteiger partial charge in [0.15, 0.2) is 0 Å². The molecule has 0 amide bonds. The van der Waals surface area contributed by atoms with Crippen molar-refractivity contribution in [3.63, 3.8) is 0 Å². The predicted octanol–water partition coefficient (Wildman–Crippen LogP) is 0.555. The number of aliphatic carboxylic acids is 1. The van der Waals surface area contributed by atoms with Crippen molar-refractivity contribution in [2.75, 3.05) is 26.2 Å². The van der Waals surface area contributed by atoms with Gasteiger partial charge < -0.3 is 10.2 Å². The lowest BCUT2D eigenvalue weighted by Gasteiger charge is -2.28. The Morgan fingerprint density at radius 3 is 2.60 bits per heavy atom. The molecule has 0 radical (unpaired) electrons. The van der Waals surface area contributed by atoms with E-state index in [1.54, 1.807) is 0 Å². The molecule has 4 heteroatoms. The highest BCUT2D eigenvalue weighted by atomic mass is 16.4. The van der Waals surface area contributed by atoms with Gasteiger partial charge in [0.2, 0.25) is 0 Å². The standard InChI is InChI=1S/C11H19NO3/c13-7-9-5-12(6-10(14)15)8-11(9)3-1-2-4-11/h9,13H,1-8H2,(H,14,15)/t9-/m1/s1. The first kappa shape index (κ1) is 10.9. The first-order chi connectivity index (χ1) is 7.16. The van der Waals surface area contributed by atoms with Gasteiger partial charge in [-0.15, -0.1) is 0 Å². The van der Waals surface area contributed by atoms with E-state index in [4.69, 9.17) is 5.11 Å². The lowest BCUT2D eigenvalue weighted by molar-refractivity contribution is -0.138. The van der Waals surface area contributed by atoms with Gasteiger partial charge in [0.1, 0.15) is 0 Å². The van der Waals surface area contributed by atoms with Gasteiger partial charge in [0.25, 0.3) is 0 Å². The van der Waals surface area contributed by atoms with E-state index in [2.05, 4.69) is 0 Å². The lowest BCUT2D eigenvalue weighted by atomic mass is 9.77. The summed E-state index contributed by atoms with van der Waals surface area (Å²) in [6, 6.07) is 0. The van der Waals surface area contributed by atoms with Crippen molar-refractivity contribution in [3.05, 3.63) is 0 Å². The molecule has 1 spiro atoms. The number of carboxylic acids is 1. The summed E-state index contributed by atoms with van der Waals surface area (Å²) in [5.74, 6) is -0.471. The molecule has 1 aliphatic heterocycles. The number of hydrogen-bond donors (Lipinski definition) is 2. The number of aliphatic hydroxyl groups excluding tert-OH is 1. The molecule has 1 heterocycles. The summed E-state index contributed by atoms with van der Waals surface area (Å²) in [7, 11) is 0. The van der Waals surface area contributed by atoms with Crippen LogP contribution >= 0.6 is 0 Å². The molecule has 0 aromatic rings. The SMILES string of the molecule is O=C(O)CN1C[C@H](CO)C2(CCCC2)C1. The Labute approximate surface area is 89.9 Å². The van der Waals surface area contributed by atoms with Gasteiger partial charge in [0, 0.05) is 25.6 Å². The van der Waals surface area contributed by atoms with E-state index in [-0.39, 0.29) is 18.6 Å². The maximum Gasteiger partial charge on any atom is 0.317 e. The number of likely N-dealkylation sites (tertiary alicyclic amines) is 1. The van der Waals surface area contributed by atoms with Crippen molar-refractivity contribution >= 4 is 5.97 Å². The van der Waals surface area contributed by atoms with Crippen LogP contribution in [-0.4, -0.2) is 47.3 Å². The minimum absolute atomic E-state index is 0.123. The first-order valence-corrected chi connectivity index (χ1v) is 5.71. The van der Waals surface area contributed by atoms with Gasteiger partial charge in [-0.1, -0.05) is 12.8 Å². The number of aliphatic hydroxyl groups is 1. The highest BCUT2D eigenvalue weighted by molar-refractivity contribution is 5.69. The van der Waals surface area contributed by atoms with Crippen LogP contribution in [0.5, 0.6) is 0 Å². The van der Waals surface area contributed by atoms with Crippen molar-refractivity contribution in [1.82, 2.24) is 4.90 Å². The third-order valence-electron chi connectivity index (χ3n) is 4.06. The molecule has 0 bridgehead atoms. The fraction of sp³-hybridized carbons (Fsp3) is 0.909. The smallest absolute Gasteiger partial charge is 0.317 e. The third-order valence-corrected chi connectivity index (χ3v) is 4.06. The summed E-state index contributed by atoms with van der Waals surface area (Å²) >= 11 is 0. The molecule has 1 aliphatic carbocycles. The molecular weight excluding hydrogens is 194 g/mol. The molecule has 1 saturated heterocycles. The summed E-state index contributed by atoms with van der Waals surface area (Å²) < 4.78 is 0. The van der Waals surface area contributed by atoms with E-state index < -0.39 is 5.97 Å². The summed E-state index contributed by atoms with van der Waals surface area (Å²) in [4.78, 5) is 12.6. The maximum absolute atomic E-state index is 10.6. The number of carbonyl (C=O) groups is 1. The largest absolute Gasteiger partial charge is 0.480 e. The van der Waals surface area contributed by atoms with Crippen LogP contribution in [0, 0.1) is 11.3 Å². The second kappa shape index (κ2) is 4.10. The Morgan fingerprint density at radius 1 is 1.40 bits per heavy atom. The highest BCUT2D eigenvalue weighted by Gasteiger charge is 2.47. The number of carboxylic acid groups (broad SMARTS) is 1. The molecule has 2 rings (SSSR count). The molecule has 1 atom stereocenters. The van der Waals surface area contributed by atoms with Gasteiger partial charge >= 0.3 is 5.97 Å². The van der Waals surface area contributed by atoms with Crippen LogP contribution in [0.15, 0.2) is 0 Å². The molecular formula is C11H19NO3. The molecule has 2 N–H and O–H groups in total. The van der Waals surface area contributed by atoms with Crippen LogP contribution in [-0.2, 0) is 4.79 Å². The van der Waals surface area contributed by atoms with Gasteiger partial charge in [0.05, 0.1) is 6.54 Å². The van der Waals surface area contributed by atoms with Crippen molar-refractivity contribution in [2.24, 2.45) is 11.3 Å². The van der Waals surface area contributed by atoms with E-state index in [9.17, 15) is 9.90 Å². The Hall–Kier alpha value is -0.610. The fourth-order valence-corrected chi connectivity index (χ4v) is 3.35. The summed E-state index contributed by atoms with van der Waals surface area (Å²) in [5.41, 5.74) is 0.226. The molecule has 86 valence electrons. The van der Waals surface area contributed by atoms with E-state index >= 15 is 0 Å². The molecule has 0 aromatic heterocycles. The van der Waals surface area contributed by atoms with Gasteiger partial charge in [-0.25, -0.2) is 0 Å². The molecule has 2 fully saturated rings. The maximum atomic E-state index is 10.6. The normalized spacial score (nSPS) is 30.1. The summed E-state index contributed by atoms with van der Waals surface area (Å²) in [6.07, 6.45) is 4.79. The van der Waals surface area contributed by atoms with E-state index in [0.29, 0.717) is 5.92 Å². The van der Waals surface area contributed by atoms with Crippen LogP contribution in [0.3, 0.4) is 0 Å². The van der Waals surface area contributed by atoms with E-state index in [1.165, 1.54) is 12.8 Å². The fourth-order valence-electron chi connectivity index (χ4n) is 3.35. The molecule has 0 unspecified atom stereocenters. The molecule has 1 saturated carbocycles. The van der Waals surface area contributed by atoms with Crippen LogP contribution in [0.4, 0.5) is 0 Å². The van der Waals surface area contributed by atoms with Crippen LogP contribution in [0.1, 0.15) is 25.7 Å². The number of nitrogens with zero attached hydrogens (tertiary/aromatic N) is 1. The third kappa shape index (κ3) is 2.01. The topological polar surface area (TPSA) is 60.8 Å². The van der Waals surface area contributed by atoms with E-state index in [0.717, 1.165) is 25.9 Å². The van der Waals surface area contributed by atoms with Gasteiger partial charge in [-0.2, -0.15) is 0 Å². The summed E-state index contributed by atoms with van der Waals surface area (Å²) in [6.45, 7) is 1.95. The molecule has 2 aliphatic rings.